The lowest BCUT2D eigenvalue weighted by atomic mass is 9.78. The number of nitrogens with one attached hydrogen (secondary N) is 1. The number of hydrogen-bond acceptors (Lipinski definition) is 4. The summed E-state index contributed by atoms with van der Waals surface area (Å²) in [7, 11) is 0. The van der Waals surface area contributed by atoms with Crippen molar-refractivity contribution in [3.8, 4) is 0 Å². The van der Waals surface area contributed by atoms with Gasteiger partial charge in [-0.25, -0.2) is 0 Å². The minimum atomic E-state index is -0.334. The second-order valence-corrected chi connectivity index (χ2v) is 9.00. The number of hydrogen-bond donors (Lipinski definition) is 1. The Balaban J connectivity index is 1.53. The van der Waals surface area contributed by atoms with E-state index in [1.165, 1.54) is 16.0 Å². The second kappa shape index (κ2) is 6.34. The molecule has 1 aromatic rings. The Hall–Kier alpha value is -1.95. The summed E-state index contributed by atoms with van der Waals surface area (Å²) in [6, 6.07) is 0. The molecule has 0 saturated carbocycles. The molecule has 0 aromatic carbocycles. The molecule has 3 amide bonds. The maximum absolute atomic E-state index is 12.8. The van der Waals surface area contributed by atoms with E-state index in [1.54, 1.807) is 11.3 Å². The summed E-state index contributed by atoms with van der Waals surface area (Å²) in [5, 5.41) is 2.85. The summed E-state index contributed by atoms with van der Waals surface area (Å²) in [6.07, 6.45) is 4.18. The molecule has 2 heterocycles. The van der Waals surface area contributed by atoms with E-state index in [4.69, 9.17) is 0 Å². The van der Waals surface area contributed by atoms with Crippen molar-refractivity contribution in [2.45, 2.75) is 52.9 Å². The van der Waals surface area contributed by atoms with Crippen LogP contribution in [0.15, 0.2) is 16.5 Å². The molecule has 6 heteroatoms. The average Bonchev–Trinajstić information content (AvgIpc) is 3.11. The van der Waals surface area contributed by atoms with Crippen LogP contribution in [0, 0.1) is 17.8 Å². The largest absolute Gasteiger partial charge is 0.272 e. The first-order valence-electron chi connectivity index (χ1n) is 9.30. The van der Waals surface area contributed by atoms with Crippen molar-refractivity contribution in [1.29, 1.82) is 0 Å². The zero-order chi connectivity index (χ0) is 18.6. The van der Waals surface area contributed by atoms with Crippen molar-refractivity contribution in [3.63, 3.8) is 0 Å². The van der Waals surface area contributed by atoms with E-state index in [9.17, 15) is 14.4 Å². The van der Waals surface area contributed by atoms with Crippen LogP contribution in [0.5, 0.6) is 0 Å². The van der Waals surface area contributed by atoms with Crippen LogP contribution in [0.25, 0.3) is 0 Å². The lowest BCUT2D eigenvalue weighted by Gasteiger charge is -2.23. The topological polar surface area (TPSA) is 66.5 Å². The Bertz CT molecular complexity index is 806. The zero-order valence-corrected chi connectivity index (χ0v) is 16.2. The van der Waals surface area contributed by atoms with Crippen molar-refractivity contribution >= 4 is 29.1 Å². The highest BCUT2D eigenvalue weighted by atomic mass is 32.1. The zero-order valence-electron chi connectivity index (χ0n) is 15.4. The number of fused-ring (bicyclic) bond motifs is 2. The first-order valence-corrected chi connectivity index (χ1v) is 10.2. The molecule has 0 bridgehead atoms. The fraction of sp³-hybridized carbons (Fsp3) is 0.550. The fourth-order valence-corrected chi connectivity index (χ4v) is 5.64. The van der Waals surface area contributed by atoms with Crippen LogP contribution in [0.4, 0.5) is 0 Å². The predicted octanol–water partition coefficient (Wildman–Crippen LogP) is 3.25. The SMILES string of the molecule is CC1=C(C)C[C@H]2C(=O)N(NC(=O)c3csc4c3CC[C@H](C)C4)C(=O)[C@@H]2C1. The first-order chi connectivity index (χ1) is 12.4. The molecule has 1 aliphatic heterocycles. The van der Waals surface area contributed by atoms with Crippen LogP contribution in [-0.4, -0.2) is 22.7 Å². The molecule has 4 rings (SSSR count). The fourth-order valence-electron chi connectivity index (χ4n) is 4.39. The van der Waals surface area contributed by atoms with Gasteiger partial charge in [0.25, 0.3) is 17.7 Å². The maximum Gasteiger partial charge on any atom is 0.271 e. The number of thiophene rings is 1. The van der Waals surface area contributed by atoms with Crippen LogP contribution < -0.4 is 5.43 Å². The van der Waals surface area contributed by atoms with Crippen LogP contribution in [-0.2, 0) is 22.4 Å². The van der Waals surface area contributed by atoms with Gasteiger partial charge in [0.15, 0.2) is 0 Å². The van der Waals surface area contributed by atoms with Gasteiger partial charge in [0.05, 0.1) is 17.4 Å². The molecule has 3 aliphatic rings. The Labute approximate surface area is 157 Å². The van der Waals surface area contributed by atoms with Crippen LogP contribution in [0.2, 0.25) is 0 Å². The summed E-state index contributed by atoms with van der Waals surface area (Å²) < 4.78 is 0. The van der Waals surface area contributed by atoms with Gasteiger partial charge in [-0.1, -0.05) is 18.1 Å². The lowest BCUT2D eigenvalue weighted by molar-refractivity contribution is -0.142. The molecular formula is C20H24N2O3S. The maximum atomic E-state index is 12.8. The molecule has 0 spiro atoms. The molecule has 3 atom stereocenters. The van der Waals surface area contributed by atoms with Crippen LogP contribution in [0.1, 0.15) is 60.8 Å². The first kappa shape index (κ1) is 17.5. The van der Waals surface area contributed by atoms with Gasteiger partial charge in [-0.05, 0) is 57.4 Å². The molecule has 0 radical (unpaired) electrons. The number of rotatable bonds is 2. The number of nitrogens with zero attached hydrogens (tertiary/aromatic N) is 1. The van der Waals surface area contributed by atoms with Gasteiger partial charge in [0, 0.05) is 10.3 Å². The van der Waals surface area contributed by atoms with Gasteiger partial charge < -0.3 is 0 Å². The third-order valence-electron chi connectivity index (χ3n) is 6.20. The van der Waals surface area contributed by atoms with E-state index >= 15 is 0 Å². The minimum absolute atomic E-state index is 0.266. The van der Waals surface area contributed by atoms with Gasteiger partial charge in [-0.15, -0.1) is 11.3 Å². The molecule has 1 fully saturated rings. The third kappa shape index (κ3) is 2.71. The Morgan fingerprint density at radius 3 is 2.35 bits per heavy atom. The molecule has 2 aliphatic carbocycles. The summed E-state index contributed by atoms with van der Waals surface area (Å²) >= 11 is 1.61. The van der Waals surface area contributed by atoms with Crippen LogP contribution in [0.3, 0.4) is 0 Å². The highest BCUT2D eigenvalue weighted by Gasteiger charge is 2.50. The molecule has 26 heavy (non-hydrogen) atoms. The van der Waals surface area contributed by atoms with Gasteiger partial charge >= 0.3 is 0 Å². The Morgan fingerprint density at radius 2 is 1.73 bits per heavy atom. The molecular weight excluding hydrogens is 348 g/mol. The van der Waals surface area contributed by atoms with Crippen molar-refractivity contribution < 1.29 is 14.4 Å². The second-order valence-electron chi connectivity index (χ2n) is 8.03. The standard InChI is InChI=1S/C20H24N2O3S/c1-10-4-5-13-16(9-26-17(13)6-10)18(23)21-22-19(24)14-7-11(2)12(3)8-15(14)20(22)25/h9-10,14-15H,4-8H2,1-3H3,(H,21,23)/t10-,14+,15+/m0/s1. The number of hydrazine groups is 1. The third-order valence-corrected chi connectivity index (χ3v) is 7.25. The Morgan fingerprint density at radius 1 is 1.12 bits per heavy atom. The van der Waals surface area contributed by atoms with E-state index in [1.807, 2.05) is 19.2 Å². The molecule has 1 aromatic heterocycles. The summed E-state index contributed by atoms with van der Waals surface area (Å²) in [4.78, 5) is 39.5. The molecule has 5 nitrogen and oxygen atoms in total. The highest BCUT2D eigenvalue weighted by Crippen LogP contribution is 2.40. The predicted molar refractivity (Wildman–Crippen MR) is 99.4 cm³/mol. The van der Waals surface area contributed by atoms with E-state index in [-0.39, 0.29) is 29.6 Å². The summed E-state index contributed by atoms with van der Waals surface area (Å²) in [5.41, 5.74) is 6.69. The van der Waals surface area contributed by atoms with Gasteiger partial charge in [-0.3, -0.25) is 19.8 Å². The normalized spacial score (nSPS) is 28.3. The lowest BCUT2D eigenvalue weighted by Crippen LogP contribution is -2.46. The van der Waals surface area contributed by atoms with Gasteiger partial charge in [-0.2, -0.15) is 5.01 Å². The summed E-state index contributed by atoms with van der Waals surface area (Å²) in [5.74, 6) is -0.886. The smallest absolute Gasteiger partial charge is 0.271 e. The monoisotopic (exact) mass is 372 g/mol. The van der Waals surface area contributed by atoms with Crippen molar-refractivity contribution in [3.05, 3.63) is 32.5 Å². The van der Waals surface area contributed by atoms with E-state index in [2.05, 4.69) is 12.3 Å². The number of allylic oxidation sites excluding steroid dienone is 2. The van der Waals surface area contributed by atoms with Crippen LogP contribution >= 0.6 is 11.3 Å². The quantitative estimate of drug-likeness (QED) is 0.640. The number of carbonyl (C=O) groups is 3. The molecule has 138 valence electrons. The Kier molecular flexibility index (Phi) is 4.26. The van der Waals surface area contributed by atoms with Crippen molar-refractivity contribution in [1.82, 2.24) is 10.4 Å². The molecule has 1 saturated heterocycles. The van der Waals surface area contributed by atoms with Crippen molar-refractivity contribution in [2.75, 3.05) is 0 Å². The minimum Gasteiger partial charge on any atom is -0.272 e. The van der Waals surface area contributed by atoms with E-state index < -0.39 is 0 Å². The highest BCUT2D eigenvalue weighted by molar-refractivity contribution is 7.10. The summed E-state index contributed by atoms with van der Waals surface area (Å²) in [6.45, 7) is 6.26. The number of amides is 3. The molecule has 0 unspecified atom stereocenters. The van der Waals surface area contributed by atoms with Gasteiger partial charge in [0.2, 0.25) is 0 Å². The molecule has 1 N–H and O–H groups in total. The van der Waals surface area contributed by atoms with Gasteiger partial charge in [0.1, 0.15) is 0 Å². The van der Waals surface area contributed by atoms with Crippen molar-refractivity contribution in [2.24, 2.45) is 17.8 Å². The van der Waals surface area contributed by atoms with E-state index in [0.717, 1.165) is 29.8 Å². The average molecular weight is 372 g/mol. The van der Waals surface area contributed by atoms with E-state index in [0.29, 0.717) is 24.3 Å². The number of imide groups is 1. The number of carbonyl (C=O) groups excluding carboxylic acids is 3.